The second kappa shape index (κ2) is 11.0. The molecular formula is C28H33ClN2O5. The van der Waals surface area contributed by atoms with Gasteiger partial charge in [0.25, 0.3) is 0 Å². The summed E-state index contributed by atoms with van der Waals surface area (Å²) < 4.78 is 5.88. The zero-order chi connectivity index (χ0) is 26.0. The van der Waals surface area contributed by atoms with E-state index >= 15 is 0 Å². The monoisotopic (exact) mass is 512 g/mol. The Morgan fingerprint density at radius 3 is 2.42 bits per heavy atom. The van der Waals surface area contributed by atoms with Crippen LogP contribution < -0.4 is 4.74 Å². The van der Waals surface area contributed by atoms with E-state index in [1.54, 1.807) is 0 Å². The first-order chi connectivity index (χ1) is 17.1. The molecule has 36 heavy (non-hydrogen) atoms. The Bertz CT molecular complexity index is 1140. The van der Waals surface area contributed by atoms with Crippen molar-refractivity contribution in [3.8, 4) is 5.75 Å². The van der Waals surface area contributed by atoms with Crippen molar-refractivity contribution in [3.63, 3.8) is 0 Å². The van der Waals surface area contributed by atoms with Crippen molar-refractivity contribution in [2.24, 2.45) is 5.92 Å². The summed E-state index contributed by atoms with van der Waals surface area (Å²) in [6.07, 6.45) is 1.84. The summed E-state index contributed by atoms with van der Waals surface area (Å²) >= 11 is 6.24. The topological polar surface area (TPSA) is 87.2 Å². The van der Waals surface area contributed by atoms with Crippen molar-refractivity contribution >= 4 is 29.4 Å². The maximum absolute atomic E-state index is 11.8. The number of rotatable bonds is 10. The van der Waals surface area contributed by atoms with Crippen molar-refractivity contribution in [3.05, 3.63) is 63.7 Å². The van der Waals surface area contributed by atoms with Crippen LogP contribution in [-0.4, -0.2) is 51.9 Å². The third-order valence-corrected chi connectivity index (χ3v) is 7.85. The van der Waals surface area contributed by atoms with Crippen molar-refractivity contribution in [1.29, 1.82) is 0 Å². The van der Waals surface area contributed by atoms with Gasteiger partial charge in [0.1, 0.15) is 12.4 Å². The summed E-state index contributed by atoms with van der Waals surface area (Å²) in [6.45, 7) is 7.32. The molecule has 7 nitrogen and oxygen atoms in total. The number of carbonyl (C=O) groups is 3. The number of ether oxygens (including phenoxy) is 1. The number of hydrogen-bond acceptors (Lipinski definition) is 5. The second-order valence-corrected chi connectivity index (χ2v) is 10.3. The molecule has 2 amide bonds. The van der Waals surface area contributed by atoms with Gasteiger partial charge < -0.3 is 9.84 Å². The van der Waals surface area contributed by atoms with E-state index < -0.39 is 5.97 Å². The molecule has 2 aromatic rings. The average Bonchev–Trinajstić information content (AvgIpc) is 3.12. The summed E-state index contributed by atoms with van der Waals surface area (Å²) in [6, 6.07) is 12.4. The van der Waals surface area contributed by atoms with Crippen LogP contribution in [-0.2, 0) is 20.9 Å². The number of imide groups is 1. The van der Waals surface area contributed by atoms with Crippen LogP contribution in [0, 0.1) is 19.8 Å². The molecule has 0 bridgehead atoms. The van der Waals surface area contributed by atoms with Crippen LogP contribution in [0.5, 0.6) is 5.75 Å². The molecule has 0 unspecified atom stereocenters. The SMILES string of the molecule is Cc1cc([C@H](C)N(Cc2ccc(OCCN3C(=O)CCC3=O)c(C)c2)C2CC(C(=O)O)C2)ccc1Cl. The first-order valence-corrected chi connectivity index (χ1v) is 12.8. The van der Waals surface area contributed by atoms with Gasteiger partial charge >= 0.3 is 5.97 Å². The lowest BCUT2D eigenvalue weighted by atomic mass is 9.78. The fourth-order valence-electron chi connectivity index (χ4n) is 5.06. The number of carboxylic acid groups (broad SMARTS) is 1. The summed E-state index contributed by atoms with van der Waals surface area (Å²) in [5.74, 6) is -0.566. The number of halogens is 1. The number of likely N-dealkylation sites (tertiary alicyclic amines) is 1. The normalized spacial score (nSPS) is 20.5. The number of carbonyl (C=O) groups excluding carboxylic acids is 2. The molecule has 0 spiro atoms. The number of aryl methyl sites for hydroxylation is 2. The highest BCUT2D eigenvalue weighted by molar-refractivity contribution is 6.31. The van der Waals surface area contributed by atoms with Crippen molar-refractivity contribution < 1.29 is 24.2 Å². The molecule has 1 saturated carbocycles. The Kier molecular flexibility index (Phi) is 8.00. The molecule has 1 N–H and O–H groups in total. The maximum atomic E-state index is 11.8. The first-order valence-electron chi connectivity index (χ1n) is 12.4. The molecule has 192 valence electrons. The van der Waals surface area contributed by atoms with Crippen LogP contribution in [0.2, 0.25) is 5.02 Å². The number of hydrogen-bond donors (Lipinski definition) is 1. The number of nitrogens with zero attached hydrogens (tertiary/aromatic N) is 2. The van der Waals surface area contributed by atoms with Crippen molar-refractivity contribution in [1.82, 2.24) is 9.80 Å². The van der Waals surface area contributed by atoms with Gasteiger partial charge in [-0.3, -0.25) is 24.2 Å². The molecule has 4 rings (SSSR count). The molecular weight excluding hydrogens is 480 g/mol. The number of carboxylic acids is 1. The zero-order valence-electron chi connectivity index (χ0n) is 21.0. The Balaban J connectivity index is 1.45. The van der Waals surface area contributed by atoms with Crippen LogP contribution in [0.15, 0.2) is 36.4 Å². The van der Waals surface area contributed by atoms with Gasteiger partial charge in [-0.25, -0.2) is 0 Å². The molecule has 1 heterocycles. The van der Waals surface area contributed by atoms with Crippen molar-refractivity contribution in [2.45, 2.75) is 65.1 Å². The van der Waals surface area contributed by atoms with E-state index in [2.05, 4.69) is 24.0 Å². The Labute approximate surface area is 217 Å². The predicted octanol–water partition coefficient (Wildman–Crippen LogP) is 4.91. The highest BCUT2D eigenvalue weighted by Crippen LogP contribution is 2.38. The molecule has 2 fully saturated rings. The number of amides is 2. The van der Waals surface area contributed by atoms with Gasteiger partial charge in [-0.1, -0.05) is 35.9 Å². The largest absolute Gasteiger partial charge is 0.491 e. The molecule has 1 aliphatic heterocycles. The molecule has 1 atom stereocenters. The van der Waals surface area contributed by atoms with E-state index in [-0.39, 0.29) is 55.8 Å². The summed E-state index contributed by atoms with van der Waals surface area (Å²) in [4.78, 5) is 38.6. The van der Waals surface area contributed by atoms with E-state index in [1.807, 2.05) is 38.1 Å². The minimum atomic E-state index is -0.726. The second-order valence-electron chi connectivity index (χ2n) is 9.90. The van der Waals surface area contributed by atoms with Gasteiger partial charge in [0.15, 0.2) is 0 Å². The van der Waals surface area contributed by atoms with Gasteiger partial charge in [-0.2, -0.15) is 0 Å². The Morgan fingerprint density at radius 2 is 1.81 bits per heavy atom. The molecule has 8 heteroatoms. The summed E-state index contributed by atoms with van der Waals surface area (Å²) in [5, 5.41) is 10.1. The molecule has 0 radical (unpaired) electrons. The van der Waals surface area contributed by atoms with Gasteiger partial charge in [0, 0.05) is 36.5 Å². The van der Waals surface area contributed by atoms with E-state index in [4.69, 9.17) is 16.3 Å². The standard InChI is InChI=1S/C28H33ClN2O5/c1-17-13-21(5-6-24(17)29)19(3)31(23-14-22(15-23)28(34)35)16-20-4-7-25(18(2)12-20)36-11-10-30-26(32)8-9-27(30)33/h4-7,12-13,19,22-23H,8-11,14-16H2,1-3H3,(H,34,35)/t19-,22?,23?/m0/s1. The van der Waals surface area contributed by atoms with Gasteiger partial charge in [-0.15, -0.1) is 0 Å². The maximum Gasteiger partial charge on any atom is 0.306 e. The fraction of sp³-hybridized carbons (Fsp3) is 0.464. The lowest BCUT2D eigenvalue weighted by Gasteiger charge is -2.44. The molecule has 1 saturated heterocycles. The molecule has 1 aliphatic carbocycles. The van der Waals surface area contributed by atoms with E-state index in [9.17, 15) is 19.5 Å². The summed E-state index contributed by atoms with van der Waals surface area (Å²) in [7, 11) is 0. The smallest absolute Gasteiger partial charge is 0.306 e. The minimum absolute atomic E-state index is 0.0903. The van der Waals surface area contributed by atoms with Crippen LogP contribution >= 0.6 is 11.6 Å². The van der Waals surface area contributed by atoms with Crippen LogP contribution in [0.3, 0.4) is 0 Å². The fourth-order valence-corrected chi connectivity index (χ4v) is 5.18. The third kappa shape index (κ3) is 5.73. The molecule has 2 aromatic carbocycles. The number of aliphatic carboxylic acids is 1. The van der Waals surface area contributed by atoms with E-state index in [1.165, 1.54) is 4.90 Å². The van der Waals surface area contributed by atoms with Crippen LogP contribution in [0.1, 0.15) is 60.9 Å². The molecule has 2 aliphatic rings. The first kappa shape index (κ1) is 26.2. The Hall–Kier alpha value is -2.90. The number of benzene rings is 2. The van der Waals surface area contributed by atoms with Gasteiger partial charge in [0.05, 0.1) is 12.5 Å². The van der Waals surface area contributed by atoms with Crippen molar-refractivity contribution in [2.75, 3.05) is 13.2 Å². The summed E-state index contributed by atoms with van der Waals surface area (Å²) in [5.41, 5.74) is 4.26. The minimum Gasteiger partial charge on any atom is -0.491 e. The third-order valence-electron chi connectivity index (χ3n) is 7.43. The van der Waals surface area contributed by atoms with E-state index in [0.717, 1.165) is 33.0 Å². The quantitative estimate of drug-likeness (QED) is 0.455. The zero-order valence-corrected chi connectivity index (χ0v) is 21.8. The van der Waals surface area contributed by atoms with Crippen LogP contribution in [0.25, 0.3) is 0 Å². The highest BCUT2D eigenvalue weighted by Gasteiger charge is 2.39. The average molecular weight is 513 g/mol. The lowest BCUT2D eigenvalue weighted by molar-refractivity contribution is -0.147. The van der Waals surface area contributed by atoms with Gasteiger partial charge in [0.2, 0.25) is 11.8 Å². The van der Waals surface area contributed by atoms with Gasteiger partial charge in [-0.05, 0) is 68.0 Å². The highest BCUT2D eigenvalue weighted by atomic mass is 35.5. The predicted molar refractivity (Wildman–Crippen MR) is 137 cm³/mol. The Morgan fingerprint density at radius 1 is 1.11 bits per heavy atom. The van der Waals surface area contributed by atoms with Crippen LogP contribution in [0.4, 0.5) is 0 Å². The van der Waals surface area contributed by atoms with E-state index in [0.29, 0.717) is 19.4 Å². The lowest BCUT2D eigenvalue weighted by Crippen LogP contribution is -2.47. The molecule has 0 aromatic heterocycles.